The summed E-state index contributed by atoms with van der Waals surface area (Å²) in [6, 6.07) is 8.17. The summed E-state index contributed by atoms with van der Waals surface area (Å²) in [5.41, 5.74) is 0.333. The second kappa shape index (κ2) is 4.23. The van der Waals surface area contributed by atoms with E-state index in [-0.39, 0.29) is 0 Å². The molecule has 2 N–H and O–H groups in total. The first-order valence-corrected chi connectivity index (χ1v) is 6.02. The van der Waals surface area contributed by atoms with Gasteiger partial charge in [0.1, 0.15) is 0 Å². The van der Waals surface area contributed by atoms with Crippen LogP contribution in [0, 0.1) is 0 Å². The zero-order valence-corrected chi connectivity index (χ0v) is 9.78. The number of carbonyl (C=O) groups is 1. The Morgan fingerprint density at radius 3 is 2.19 bits per heavy atom. The second-order valence-corrected chi connectivity index (χ2v) is 5.78. The van der Waals surface area contributed by atoms with Crippen molar-refractivity contribution >= 4 is 16.0 Å². The summed E-state index contributed by atoms with van der Waals surface area (Å²) in [7, 11) is -4.34. The van der Waals surface area contributed by atoms with Gasteiger partial charge in [-0.15, -0.1) is 0 Å². The molecule has 5 nitrogen and oxygen atoms in total. The van der Waals surface area contributed by atoms with E-state index in [0.29, 0.717) is 5.56 Å². The van der Waals surface area contributed by atoms with Crippen LogP contribution in [0.15, 0.2) is 30.3 Å². The molecule has 0 unspecified atom stereocenters. The third-order valence-corrected chi connectivity index (χ3v) is 3.49. The van der Waals surface area contributed by atoms with Crippen LogP contribution in [0.1, 0.15) is 24.2 Å². The monoisotopic (exact) mass is 243 g/mol. The quantitative estimate of drug-likeness (QED) is 0.777. The van der Waals surface area contributed by atoms with E-state index in [0.717, 1.165) is 0 Å². The number of hydrogen-bond acceptors (Lipinski definition) is 3. The van der Waals surface area contributed by atoms with Crippen LogP contribution in [0.25, 0.3) is 0 Å². The average Bonchev–Trinajstić information content (AvgIpc) is 2.16. The largest absolute Gasteiger partial charge is 0.331 e. The van der Waals surface area contributed by atoms with Crippen molar-refractivity contribution in [2.45, 2.75) is 18.7 Å². The van der Waals surface area contributed by atoms with E-state index in [1.54, 1.807) is 30.3 Å². The number of carbonyl (C=O) groups excluding carboxylic acids is 1. The summed E-state index contributed by atoms with van der Waals surface area (Å²) < 4.78 is 30.8. The van der Waals surface area contributed by atoms with Gasteiger partial charge in [-0.3, -0.25) is 9.35 Å². The van der Waals surface area contributed by atoms with Crippen LogP contribution < -0.4 is 5.32 Å². The first-order valence-electron chi connectivity index (χ1n) is 4.58. The van der Waals surface area contributed by atoms with Crippen LogP contribution in [0.5, 0.6) is 0 Å². The van der Waals surface area contributed by atoms with Crippen molar-refractivity contribution in [3.05, 3.63) is 35.9 Å². The highest BCUT2D eigenvalue weighted by molar-refractivity contribution is 7.87. The maximum Gasteiger partial charge on any atom is 0.288 e. The van der Waals surface area contributed by atoms with Crippen LogP contribution in [0.2, 0.25) is 0 Å². The van der Waals surface area contributed by atoms with Gasteiger partial charge in [0.2, 0.25) is 0 Å². The van der Waals surface area contributed by atoms with Gasteiger partial charge in [0.15, 0.2) is 4.87 Å². The Hall–Kier alpha value is -1.40. The van der Waals surface area contributed by atoms with Crippen LogP contribution in [-0.4, -0.2) is 23.7 Å². The summed E-state index contributed by atoms with van der Waals surface area (Å²) in [4.78, 5) is 9.91. The van der Waals surface area contributed by atoms with Crippen molar-refractivity contribution in [2.24, 2.45) is 0 Å². The van der Waals surface area contributed by atoms with Gasteiger partial charge in [0, 0.05) is 5.56 Å². The van der Waals surface area contributed by atoms with Crippen molar-refractivity contribution < 1.29 is 17.8 Å². The van der Waals surface area contributed by atoms with Crippen LogP contribution >= 0.6 is 0 Å². The molecule has 0 fully saturated rings. The van der Waals surface area contributed by atoms with E-state index in [1.165, 1.54) is 13.8 Å². The lowest BCUT2D eigenvalue weighted by atomic mass is 10.2. The number of hydrogen-bond donors (Lipinski definition) is 2. The van der Waals surface area contributed by atoms with E-state index < -0.39 is 20.9 Å². The molecule has 88 valence electrons. The van der Waals surface area contributed by atoms with Crippen molar-refractivity contribution in [1.82, 2.24) is 5.32 Å². The SMILES string of the molecule is CC(C)(NC(=O)c1ccccc1)S(=O)(=O)O. The molecule has 1 aromatic rings. The van der Waals surface area contributed by atoms with Gasteiger partial charge in [-0.2, -0.15) is 8.42 Å². The highest BCUT2D eigenvalue weighted by Gasteiger charge is 2.34. The van der Waals surface area contributed by atoms with Gasteiger partial charge in [-0.05, 0) is 26.0 Å². The summed E-state index contributed by atoms with van der Waals surface area (Å²) in [5, 5.41) is 2.24. The lowest BCUT2D eigenvalue weighted by molar-refractivity contribution is 0.0931. The smallest absolute Gasteiger partial charge is 0.288 e. The molecule has 0 saturated carbocycles. The summed E-state index contributed by atoms with van der Waals surface area (Å²) >= 11 is 0. The van der Waals surface area contributed by atoms with Gasteiger partial charge in [0.25, 0.3) is 16.0 Å². The average molecular weight is 243 g/mol. The van der Waals surface area contributed by atoms with Gasteiger partial charge < -0.3 is 5.32 Å². The lowest BCUT2D eigenvalue weighted by Crippen LogP contribution is -2.49. The third-order valence-electron chi connectivity index (χ3n) is 2.10. The molecule has 0 atom stereocenters. The highest BCUT2D eigenvalue weighted by atomic mass is 32.2. The van der Waals surface area contributed by atoms with Gasteiger partial charge in [-0.1, -0.05) is 18.2 Å². The molecule has 0 aliphatic carbocycles. The molecular weight excluding hydrogens is 230 g/mol. The minimum Gasteiger partial charge on any atom is -0.331 e. The Kier molecular flexibility index (Phi) is 3.35. The Labute approximate surface area is 94.2 Å². The molecule has 1 amide bonds. The molecule has 6 heteroatoms. The van der Waals surface area contributed by atoms with E-state index >= 15 is 0 Å². The zero-order chi connectivity index (χ0) is 12.4. The lowest BCUT2D eigenvalue weighted by Gasteiger charge is -2.22. The summed E-state index contributed by atoms with van der Waals surface area (Å²) in [6.07, 6.45) is 0. The summed E-state index contributed by atoms with van der Waals surface area (Å²) in [5.74, 6) is -0.553. The number of nitrogens with one attached hydrogen (secondary N) is 1. The Bertz CT molecular complexity index is 479. The molecule has 0 radical (unpaired) electrons. The van der Waals surface area contributed by atoms with E-state index in [4.69, 9.17) is 4.55 Å². The first kappa shape index (κ1) is 12.7. The maximum atomic E-state index is 11.6. The van der Waals surface area contributed by atoms with Crippen molar-refractivity contribution in [2.75, 3.05) is 0 Å². The minimum atomic E-state index is -4.34. The minimum absolute atomic E-state index is 0.333. The Morgan fingerprint density at radius 1 is 1.25 bits per heavy atom. The molecule has 1 rings (SSSR count). The van der Waals surface area contributed by atoms with Crippen molar-refractivity contribution in [3.63, 3.8) is 0 Å². The normalized spacial score (nSPS) is 12.2. The van der Waals surface area contributed by atoms with Crippen molar-refractivity contribution in [3.8, 4) is 0 Å². The second-order valence-electron chi connectivity index (χ2n) is 3.81. The molecule has 0 aromatic heterocycles. The molecule has 16 heavy (non-hydrogen) atoms. The van der Waals surface area contributed by atoms with Gasteiger partial charge in [-0.25, -0.2) is 0 Å². The van der Waals surface area contributed by atoms with E-state index in [9.17, 15) is 13.2 Å². The molecule has 0 saturated heterocycles. The van der Waals surface area contributed by atoms with E-state index in [1.807, 2.05) is 0 Å². The molecule has 0 aliphatic heterocycles. The fraction of sp³-hybridized carbons (Fsp3) is 0.300. The number of benzene rings is 1. The molecule has 0 heterocycles. The molecule has 0 bridgehead atoms. The van der Waals surface area contributed by atoms with Crippen LogP contribution in [-0.2, 0) is 10.1 Å². The first-order chi connectivity index (χ1) is 7.24. The summed E-state index contributed by atoms with van der Waals surface area (Å²) in [6.45, 7) is 2.42. The molecule has 1 aromatic carbocycles. The van der Waals surface area contributed by atoms with Crippen molar-refractivity contribution in [1.29, 1.82) is 0 Å². The zero-order valence-electron chi connectivity index (χ0n) is 8.97. The highest BCUT2D eigenvalue weighted by Crippen LogP contribution is 2.11. The predicted molar refractivity (Wildman–Crippen MR) is 59.5 cm³/mol. The van der Waals surface area contributed by atoms with Crippen LogP contribution in [0.4, 0.5) is 0 Å². The molecule has 0 aliphatic rings. The molecule has 0 spiro atoms. The fourth-order valence-electron chi connectivity index (χ4n) is 1.000. The predicted octanol–water partition coefficient (Wildman–Crippen LogP) is 1.04. The number of amides is 1. The topological polar surface area (TPSA) is 83.5 Å². The van der Waals surface area contributed by atoms with Crippen LogP contribution in [0.3, 0.4) is 0 Å². The van der Waals surface area contributed by atoms with Gasteiger partial charge >= 0.3 is 0 Å². The maximum absolute atomic E-state index is 11.6. The Morgan fingerprint density at radius 2 is 1.75 bits per heavy atom. The Balaban J connectivity index is 2.89. The number of rotatable bonds is 3. The van der Waals surface area contributed by atoms with Gasteiger partial charge in [0.05, 0.1) is 0 Å². The standard InChI is InChI=1S/C10H13NO4S/c1-10(2,16(13,14)15)11-9(12)8-6-4-3-5-7-8/h3-7H,1-2H3,(H,11,12)(H,13,14,15). The van der Waals surface area contributed by atoms with E-state index in [2.05, 4.69) is 5.32 Å². The third kappa shape index (κ3) is 2.80. The molecular formula is C10H13NO4S. The fourth-order valence-corrected chi connectivity index (χ4v) is 1.22.